The maximum Gasteiger partial charge on any atom is 0.407 e. The smallest absolute Gasteiger partial charge is 0.407 e. The minimum atomic E-state index is -0.892. The Morgan fingerprint density at radius 3 is 2.18 bits per heavy atom. The highest BCUT2D eigenvalue weighted by atomic mass is 16.5. The van der Waals surface area contributed by atoms with Crippen LogP contribution < -0.4 is 10.6 Å². The molecule has 0 heterocycles. The molecule has 4 rings (SSSR count). The fraction of sp³-hybridized carbons (Fsp3) is 0.423. The normalized spacial score (nSPS) is 16.6. The summed E-state index contributed by atoms with van der Waals surface area (Å²) in [5.41, 5.74) is 4.58. The van der Waals surface area contributed by atoms with Crippen LogP contribution in [-0.4, -0.2) is 42.3 Å². The SMILES string of the molecule is CC(CCNC(=O)C(NC(=O)OCC1c2ccccc2-c2ccccc21)C1CCC1)C(=O)O. The van der Waals surface area contributed by atoms with E-state index in [0.29, 0.717) is 6.42 Å². The van der Waals surface area contributed by atoms with Gasteiger partial charge in [-0.3, -0.25) is 9.59 Å². The standard InChI is InChI=1S/C26H30N2O5/c1-16(25(30)31)13-14-27-24(29)23(17-7-6-8-17)28-26(32)33-15-22-20-11-4-2-9-18(20)19-10-3-5-12-21(19)22/h2-5,9-12,16-17,22-23H,6-8,13-15H2,1H3,(H,27,29)(H,28,32)(H,30,31). The van der Waals surface area contributed by atoms with Gasteiger partial charge in [0.25, 0.3) is 0 Å². The number of carbonyl (C=O) groups is 3. The van der Waals surface area contributed by atoms with Gasteiger partial charge >= 0.3 is 12.1 Å². The van der Waals surface area contributed by atoms with Gasteiger partial charge in [0.15, 0.2) is 0 Å². The number of fused-ring (bicyclic) bond motifs is 3. The molecule has 7 heteroatoms. The van der Waals surface area contributed by atoms with Crippen LogP contribution in [0.4, 0.5) is 4.79 Å². The highest BCUT2D eigenvalue weighted by Crippen LogP contribution is 2.44. The van der Waals surface area contributed by atoms with E-state index >= 15 is 0 Å². The van der Waals surface area contributed by atoms with E-state index < -0.39 is 24.0 Å². The van der Waals surface area contributed by atoms with Gasteiger partial charge in [-0.15, -0.1) is 0 Å². The first-order chi connectivity index (χ1) is 16.0. The second kappa shape index (κ2) is 10.1. The Labute approximate surface area is 193 Å². The van der Waals surface area contributed by atoms with Gasteiger partial charge < -0.3 is 20.5 Å². The highest BCUT2D eigenvalue weighted by Gasteiger charge is 2.35. The molecular weight excluding hydrogens is 420 g/mol. The largest absolute Gasteiger partial charge is 0.481 e. The van der Waals surface area contributed by atoms with E-state index in [2.05, 4.69) is 34.9 Å². The number of carboxylic acid groups (broad SMARTS) is 1. The summed E-state index contributed by atoms with van der Waals surface area (Å²) in [4.78, 5) is 36.4. The van der Waals surface area contributed by atoms with Crippen molar-refractivity contribution in [3.05, 3.63) is 59.7 Å². The molecule has 7 nitrogen and oxygen atoms in total. The van der Waals surface area contributed by atoms with Gasteiger partial charge in [0.05, 0.1) is 5.92 Å². The average Bonchev–Trinajstić information content (AvgIpc) is 3.09. The molecule has 2 unspecified atom stereocenters. The Balaban J connectivity index is 1.35. The lowest BCUT2D eigenvalue weighted by Gasteiger charge is -2.33. The summed E-state index contributed by atoms with van der Waals surface area (Å²) in [5, 5.41) is 14.5. The van der Waals surface area contributed by atoms with Gasteiger partial charge in [-0.2, -0.15) is 0 Å². The predicted octanol–water partition coefficient (Wildman–Crippen LogP) is 3.92. The molecule has 0 aliphatic heterocycles. The molecule has 1 saturated carbocycles. The van der Waals surface area contributed by atoms with E-state index in [1.165, 1.54) is 0 Å². The number of aliphatic carboxylic acids is 1. The van der Waals surface area contributed by atoms with Crippen molar-refractivity contribution < 1.29 is 24.2 Å². The van der Waals surface area contributed by atoms with Crippen LogP contribution in [-0.2, 0) is 14.3 Å². The van der Waals surface area contributed by atoms with Crippen molar-refractivity contribution in [3.63, 3.8) is 0 Å². The molecule has 33 heavy (non-hydrogen) atoms. The highest BCUT2D eigenvalue weighted by molar-refractivity contribution is 5.86. The van der Waals surface area contributed by atoms with Crippen molar-refractivity contribution in [2.45, 2.75) is 44.6 Å². The van der Waals surface area contributed by atoms with Crippen LogP contribution in [0.1, 0.15) is 49.7 Å². The van der Waals surface area contributed by atoms with E-state index in [1.807, 2.05) is 24.3 Å². The third-order valence-corrected chi connectivity index (χ3v) is 6.82. The van der Waals surface area contributed by atoms with Gasteiger partial charge in [-0.05, 0) is 47.4 Å². The van der Waals surface area contributed by atoms with Gasteiger partial charge in [0.1, 0.15) is 12.6 Å². The summed E-state index contributed by atoms with van der Waals surface area (Å²) in [6.07, 6.45) is 2.49. The second-order valence-electron chi connectivity index (χ2n) is 8.96. The molecule has 3 N–H and O–H groups in total. The van der Waals surface area contributed by atoms with Crippen molar-refractivity contribution in [2.24, 2.45) is 11.8 Å². The van der Waals surface area contributed by atoms with E-state index in [9.17, 15) is 14.4 Å². The molecule has 0 bridgehead atoms. The molecule has 0 aromatic heterocycles. The molecule has 2 amide bonds. The molecule has 2 aromatic rings. The van der Waals surface area contributed by atoms with Gasteiger partial charge in [0.2, 0.25) is 5.91 Å². The Morgan fingerprint density at radius 1 is 1.03 bits per heavy atom. The summed E-state index contributed by atoms with van der Waals surface area (Å²) in [6, 6.07) is 15.6. The van der Waals surface area contributed by atoms with Crippen LogP contribution >= 0.6 is 0 Å². The number of hydrogen-bond acceptors (Lipinski definition) is 4. The molecule has 2 atom stereocenters. The van der Waals surface area contributed by atoms with Crippen molar-refractivity contribution in [3.8, 4) is 11.1 Å². The quantitative estimate of drug-likeness (QED) is 0.537. The maximum atomic E-state index is 12.7. The number of carboxylic acids is 1. The summed E-state index contributed by atoms with van der Waals surface area (Å²) in [6.45, 7) is 2.05. The van der Waals surface area contributed by atoms with Crippen molar-refractivity contribution in [1.82, 2.24) is 10.6 Å². The molecule has 2 aliphatic carbocycles. The Hall–Kier alpha value is -3.35. The van der Waals surface area contributed by atoms with Crippen LogP contribution in [0, 0.1) is 11.8 Å². The van der Waals surface area contributed by atoms with Crippen LogP contribution in [0.15, 0.2) is 48.5 Å². The Morgan fingerprint density at radius 2 is 1.64 bits per heavy atom. The molecule has 0 radical (unpaired) electrons. The molecule has 174 valence electrons. The minimum absolute atomic E-state index is 0.0448. The maximum absolute atomic E-state index is 12.7. The Bertz CT molecular complexity index is 987. The third-order valence-electron chi connectivity index (χ3n) is 6.82. The number of benzene rings is 2. The van der Waals surface area contributed by atoms with E-state index in [1.54, 1.807) is 6.92 Å². The van der Waals surface area contributed by atoms with E-state index in [4.69, 9.17) is 9.84 Å². The second-order valence-corrected chi connectivity index (χ2v) is 8.96. The lowest BCUT2D eigenvalue weighted by Crippen LogP contribution is -2.53. The molecule has 0 spiro atoms. The van der Waals surface area contributed by atoms with Gasteiger partial charge in [0, 0.05) is 12.5 Å². The summed E-state index contributed by atoms with van der Waals surface area (Å²) in [7, 11) is 0. The fourth-order valence-electron chi connectivity index (χ4n) is 4.58. The number of nitrogens with one attached hydrogen (secondary N) is 2. The number of alkyl carbamates (subject to hydrolysis) is 1. The van der Waals surface area contributed by atoms with Crippen molar-refractivity contribution >= 4 is 18.0 Å². The summed E-state index contributed by atoms with van der Waals surface area (Å²) >= 11 is 0. The minimum Gasteiger partial charge on any atom is -0.481 e. The molecule has 1 fully saturated rings. The first-order valence-electron chi connectivity index (χ1n) is 11.6. The summed E-state index contributed by atoms with van der Waals surface area (Å²) in [5.74, 6) is -1.69. The number of ether oxygens (including phenoxy) is 1. The zero-order valence-electron chi connectivity index (χ0n) is 18.8. The van der Waals surface area contributed by atoms with Gasteiger partial charge in [-0.25, -0.2) is 4.79 Å². The molecule has 2 aliphatic rings. The molecule has 2 aromatic carbocycles. The van der Waals surface area contributed by atoms with Crippen LogP contribution in [0.5, 0.6) is 0 Å². The van der Waals surface area contributed by atoms with E-state index in [-0.39, 0.29) is 30.9 Å². The van der Waals surface area contributed by atoms with Crippen molar-refractivity contribution in [2.75, 3.05) is 13.2 Å². The van der Waals surface area contributed by atoms with Crippen molar-refractivity contribution in [1.29, 1.82) is 0 Å². The average molecular weight is 451 g/mol. The fourth-order valence-corrected chi connectivity index (χ4v) is 4.58. The monoisotopic (exact) mass is 450 g/mol. The van der Waals surface area contributed by atoms with Crippen LogP contribution in [0.2, 0.25) is 0 Å². The van der Waals surface area contributed by atoms with Crippen LogP contribution in [0.25, 0.3) is 11.1 Å². The number of carbonyl (C=O) groups excluding carboxylic acids is 2. The Kier molecular flexibility index (Phi) is 6.96. The number of rotatable bonds is 9. The molecule has 0 saturated heterocycles. The van der Waals surface area contributed by atoms with Gasteiger partial charge in [-0.1, -0.05) is 61.9 Å². The zero-order valence-corrected chi connectivity index (χ0v) is 18.8. The van der Waals surface area contributed by atoms with Crippen LogP contribution in [0.3, 0.4) is 0 Å². The molecular formula is C26H30N2O5. The van der Waals surface area contributed by atoms with E-state index in [0.717, 1.165) is 41.5 Å². The zero-order chi connectivity index (χ0) is 23.4. The lowest BCUT2D eigenvalue weighted by molar-refractivity contribution is -0.141. The number of amides is 2. The first kappa shape index (κ1) is 22.8. The summed E-state index contributed by atoms with van der Waals surface area (Å²) < 4.78 is 5.61. The predicted molar refractivity (Wildman–Crippen MR) is 124 cm³/mol. The topological polar surface area (TPSA) is 105 Å². The first-order valence-corrected chi connectivity index (χ1v) is 11.6. The third kappa shape index (κ3) is 5.02. The lowest BCUT2D eigenvalue weighted by atomic mass is 9.79. The number of hydrogen-bond donors (Lipinski definition) is 3.